The number of phenolic OH excluding ortho intramolecular Hbond substituents is 1. The maximum atomic E-state index is 9.35. The number of hydrogen-bond acceptors (Lipinski definition) is 1. The number of phenols is 1. The zero-order chi connectivity index (χ0) is 19.6. The summed E-state index contributed by atoms with van der Waals surface area (Å²) in [5.74, 6) is 0.348. The molecule has 0 heterocycles. The molecule has 0 radical (unpaired) electrons. The van der Waals surface area contributed by atoms with Crippen molar-refractivity contribution in [1.82, 2.24) is 0 Å². The number of hydrogen-bond donors (Lipinski definition) is 1. The predicted molar refractivity (Wildman–Crippen MR) is 124 cm³/mol. The number of aromatic hydroxyl groups is 1. The molecule has 0 aliphatic carbocycles. The first kappa shape index (κ1) is 24.5. The van der Waals surface area contributed by atoms with Gasteiger partial charge in [0.25, 0.3) is 0 Å². The molecule has 1 atom stereocenters. The molecule has 1 nitrogen and oxygen atoms in total. The molecule has 0 amide bonds. The first-order valence-electron chi connectivity index (χ1n) is 11.7. The number of benzene rings is 1. The van der Waals surface area contributed by atoms with Crippen LogP contribution in [0.1, 0.15) is 126 Å². The van der Waals surface area contributed by atoms with E-state index < -0.39 is 0 Å². The second-order valence-electron chi connectivity index (χ2n) is 8.15. The van der Waals surface area contributed by atoms with Crippen LogP contribution in [0.2, 0.25) is 0 Å². The van der Waals surface area contributed by atoms with Crippen LogP contribution in [0.5, 0.6) is 5.75 Å². The Labute approximate surface area is 177 Å². The summed E-state index contributed by atoms with van der Waals surface area (Å²) in [6.45, 7) is 2.29. The van der Waals surface area contributed by atoms with E-state index in [1.165, 1.54) is 115 Å². The lowest BCUT2D eigenvalue weighted by Crippen LogP contribution is -1.90. The summed E-state index contributed by atoms with van der Waals surface area (Å²) in [6, 6.07) is 7.58. The van der Waals surface area contributed by atoms with Gasteiger partial charge in [0.2, 0.25) is 0 Å². The Kier molecular flexibility index (Phi) is 16.0. The van der Waals surface area contributed by atoms with Gasteiger partial charge in [0, 0.05) is 4.83 Å². The van der Waals surface area contributed by atoms with Gasteiger partial charge in [-0.1, -0.05) is 138 Å². The first-order valence-corrected chi connectivity index (χ1v) is 12.6. The number of unbranched alkanes of at least 4 members (excludes halogenated alkanes) is 15. The highest BCUT2D eigenvalue weighted by Gasteiger charge is 2.06. The lowest BCUT2D eigenvalue weighted by Gasteiger charge is -2.10. The average molecular weight is 440 g/mol. The summed E-state index contributed by atoms with van der Waals surface area (Å²) in [7, 11) is 0. The summed E-state index contributed by atoms with van der Waals surface area (Å²) >= 11 is 3.77. The maximum Gasteiger partial charge on any atom is 0.115 e. The molecule has 1 N–H and O–H groups in total. The summed E-state index contributed by atoms with van der Waals surface area (Å²) in [5.41, 5.74) is 1.27. The Morgan fingerprint density at radius 1 is 0.630 bits per heavy atom. The van der Waals surface area contributed by atoms with Gasteiger partial charge in [-0.2, -0.15) is 0 Å². The first-order chi connectivity index (χ1) is 13.2. The van der Waals surface area contributed by atoms with Crippen LogP contribution in [0.25, 0.3) is 0 Å². The quantitative estimate of drug-likeness (QED) is 0.178. The van der Waals surface area contributed by atoms with Crippen molar-refractivity contribution in [2.45, 2.75) is 121 Å². The number of alkyl halides is 1. The van der Waals surface area contributed by atoms with E-state index >= 15 is 0 Å². The zero-order valence-electron chi connectivity index (χ0n) is 17.7. The molecule has 0 aliphatic rings. The second-order valence-corrected chi connectivity index (χ2v) is 9.26. The van der Waals surface area contributed by atoms with Gasteiger partial charge < -0.3 is 5.11 Å². The van der Waals surface area contributed by atoms with Crippen LogP contribution >= 0.6 is 15.9 Å². The van der Waals surface area contributed by atoms with Crippen LogP contribution in [-0.4, -0.2) is 5.11 Å². The molecule has 1 rings (SSSR count). The molecule has 1 unspecified atom stereocenters. The second kappa shape index (κ2) is 17.6. The molecule has 2 heteroatoms. The van der Waals surface area contributed by atoms with Crippen molar-refractivity contribution in [1.29, 1.82) is 0 Å². The van der Waals surface area contributed by atoms with Crippen LogP contribution in [0.4, 0.5) is 0 Å². The smallest absolute Gasteiger partial charge is 0.115 e. The van der Waals surface area contributed by atoms with E-state index in [9.17, 15) is 5.11 Å². The molecule has 0 aliphatic heterocycles. The standard InChI is InChI=1S/C25H43BrO/c1-2-3-4-5-6-7-8-9-10-11-12-13-14-15-16-17-18-25(26)23-19-21-24(27)22-20-23/h19-22,25,27H,2-18H2,1H3. The van der Waals surface area contributed by atoms with Gasteiger partial charge in [-0.3, -0.25) is 0 Å². The fourth-order valence-corrected chi connectivity index (χ4v) is 4.35. The normalized spacial score (nSPS) is 12.4. The molecule has 0 saturated heterocycles. The summed E-state index contributed by atoms with van der Waals surface area (Å²) in [6.07, 6.45) is 23.9. The molecule has 0 saturated carbocycles. The maximum absolute atomic E-state index is 9.35. The van der Waals surface area contributed by atoms with Gasteiger partial charge in [0.15, 0.2) is 0 Å². The van der Waals surface area contributed by atoms with Crippen LogP contribution in [-0.2, 0) is 0 Å². The molecular weight excluding hydrogens is 396 g/mol. The minimum absolute atomic E-state index is 0.348. The third-order valence-electron chi connectivity index (χ3n) is 5.57. The van der Waals surface area contributed by atoms with E-state index in [2.05, 4.69) is 22.9 Å². The fraction of sp³-hybridized carbons (Fsp3) is 0.760. The Bertz CT molecular complexity index is 428. The van der Waals surface area contributed by atoms with Gasteiger partial charge in [0.05, 0.1) is 0 Å². The topological polar surface area (TPSA) is 20.2 Å². The van der Waals surface area contributed by atoms with Crippen LogP contribution in [0, 0.1) is 0 Å². The number of halogens is 1. The van der Waals surface area contributed by atoms with Crippen molar-refractivity contribution in [2.24, 2.45) is 0 Å². The van der Waals surface area contributed by atoms with Gasteiger partial charge in [-0.15, -0.1) is 0 Å². The van der Waals surface area contributed by atoms with E-state index in [0.29, 0.717) is 10.6 Å². The Morgan fingerprint density at radius 3 is 1.41 bits per heavy atom. The van der Waals surface area contributed by atoms with Crippen molar-refractivity contribution in [3.05, 3.63) is 29.8 Å². The third-order valence-corrected chi connectivity index (χ3v) is 6.55. The molecule has 0 fully saturated rings. The summed E-state index contributed by atoms with van der Waals surface area (Å²) < 4.78 is 0. The molecule has 156 valence electrons. The number of rotatable bonds is 18. The van der Waals surface area contributed by atoms with Gasteiger partial charge in [0.1, 0.15) is 5.75 Å². The lowest BCUT2D eigenvalue weighted by molar-refractivity contribution is 0.475. The van der Waals surface area contributed by atoms with Gasteiger partial charge in [-0.25, -0.2) is 0 Å². The van der Waals surface area contributed by atoms with Crippen molar-refractivity contribution >= 4 is 15.9 Å². The highest BCUT2D eigenvalue weighted by Crippen LogP contribution is 2.29. The fourth-order valence-electron chi connectivity index (χ4n) is 3.72. The van der Waals surface area contributed by atoms with Crippen molar-refractivity contribution < 1.29 is 5.11 Å². The lowest BCUT2D eigenvalue weighted by atomic mass is 10.0. The largest absolute Gasteiger partial charge is 0.508 e. The predicted octanol–water partition coefficient (Wildman–Crippen LogP) is 9.48. The molecular formula is C25H43BrO. The highest BCUT2D eigenvalue weighted by molar-refractivity contribution is 9.09. The third kappa shape index (κ3) is 14.2. The minimum Gasteiger partial charge on any atom is -0.508 e. The van der Waals surface area contributed by atoms with E-state index in [4.69, 9.17) is 0 Å². The van der Waals surface area contributed by atoms with Gasteiger partial charge >= 0.3 is 0 Å². The van der Waals surface area contributed by atoms with Crippen LogP contribution in [0.15, 0.2) is 24.3 Å². The van der Waals surface area contributed by atoms with Gasteiger partial charge in [-0.05, 0) is 24.1 Å². The summed E-state index contributed by atoms with van der Waals surface area (Å²) in [4.78, 5) is 0.421. The van der Waals surface area contributed by atoms with E-state index in [-0.39, 0.29) is 0 Å². The zero-order valence-corrected chi connectivity index (χ0v) is 19.3. The Morgan fingerprint density at radius 2 is 1.00 bits per heavy atom. The minimum atomic E-state index is 0.348. The van der Waals surface area contributed by atoms with E-state index in [1.54, 1.807) is 12.1 Å². The Balaban J connectivity index is 1.79. The molecule has 0 spiro atoms. The molecule has 0 aromatic heterocycles. The highest BCUT2D eigenvalue weighted by atomic mass is 79.9. The van der Waals surface area contributed by atoms with Crippen molar-refractivity contribution in [3.63, 3.8) is 0 Å². The van der Waals surface area contributed by atoms with Crippen molar-refractivity contribution in [2.75, 3.05) is 0 Å². The monoisotopic (exact) mass is 438 g/mol. The van der Waals surface area contributed by atoms with E-state index in [0.717, 1.165) is 0 Å². The molecule has 0 bridgehead atoms. The Hall–Kier alpha value is -0.500. The molecule has 1 aromatic carbocycles. The van der Waals surface area contributed by atoms with Crippen LogP contribution in [0.3, 0.4) is 0 Å². The average Bonchev–Trinajstić information content (AvgIpc) is 2.68. The van der Waals surface area contributed by atoms with E-state index in [1.807, 2.05) is 12.1 Å². The summed E-state index contributed by atoms with van der Waals surface area (Å²) in [5, 5.41) is 9.35. The molecule has 1 aromatic rings. The SMILES string of the molecule is CCCCCCCCCCCCCCCCCCC(Br)c1ccc(O)cc1. The van der Waals surface area contributed by atoms with Crippen molar-refractivity contribution in [3.8, 4) is 5.75 Å². The van der Waals surface area contributed by atoms with Crippen LogP contribution < -0.4 is 0 Å². The molecule has 27 heavy (non-hydrogen) atoms.